The van der Waals surface area contributed by atoms with E-state index in [4.69, 9.17) is 32.6 Å². The largest absolute Gasteiger partial charge is 0.443 e. The van der Waals surface area contributed by atoms with Crippen molar-refractivity contribution < 1.29 is 12.8 Å². The number of sulfone groups is 1. The number of halogens is 2. The Morgan fingerprint density at radius 3 is 2.41 bits per heavy atom. The molecule has 2 heterocycles. The molecule has 170 valence electrons. The molecule has 5 aromatic rings. The maximum Gasteiger partial charge on any atom is 0.246 e. The summed E-state index contributed by atoms with van der Waals surface area (Å²) in [5.41, 5.74) is 3.45. The molecular formula is C25H17Cl2N3O3S. The molecule has 0 aliphatic carbocycles. The number of aromatic nitrogens is 3. The Kier molecular flexibility index (Phi) is 5.77. The SMILES string of the molecule is CS(=O)(=O)c1cccc(-c2ccc(-n3cc(-c4ncco4)nc3-c3ccccc3Cl)c(Cl)c2)c1. The first kappa shape index (κ1) is 22.4. The minimum atomic E-state index is -3.33. The fraction of sp³-hybridized carbons (Fsp3) is 0.0400. The normalized spacial score (nSPS) is 11.6. The molecule has 0 radical (unpaired) electrons. The minimum absolute atomic E-state index is 0.247. The fourth-order valence-electron chi connectivity index (χ4n) is 3.64. The van der Waals surface area contributed by atoms with E-state index in [1.165, 1.54) is 12.5 Å². The molecule has 0 atom stereocenters. The molecule has 2 aromatic heterocycles. The molecular weight excluding hydrogens is 493 g/mol. The maximum absolute atomic E-state index is 12.0. The van der Waals surface area contributed by atoms with Gasteiger partial charge in [0.1, 0.15) is 17.8 Å². The number of hydrogen-bond acceptors (Lipinski definition) is 5. The Hall–Kier alpha value is -3.39. The van der Waals surface area contributed by atoms with Gasteiger partial charge in [-0.25, -0.2) is 18.4 Å². The number of imidazole rings is 1. The van der Waals surface area contributed by atoms with Crippen molar-refractivity contribution in [2.24, 2.45) is 0 Å². The van der Waals surface area contributed by atoms with Gasteiger partial charge in [0, 0.05) is 18.0 Å². The van der Waals surface area contributed by atoms with E-state index >= 15 is 0 Å². The summed E-state index contributed by atoms with van der Waals surface area (Å²) in [5.74, 6) is 0.949. The Morgan fingerprint density at radius 1 is 0.912 bits per heavy atom. The molecule has 0 N–H and O–H groups in total. The molecule has 6 nitrogen and oxygen atoms in total. The summed E-state index contributed by atoms with van der Waals surface area (Å²) in [7, 11) is -3.33. The van der Waals surface area contributed by atoms with Gasteiger partial charge in [0.2, 0.25) is 5.89 Å². The Balaban J connectivity index is 1.64. The second-order valence-corrected chi connectivity index (χ2v) is 10.4. The predicted molar refractivity (Wildman–Crippen MR) is 133 cm³/mol. The van der Waals surface area contributed by atoms with Crippen LogP contribution in [-0.2, 0) is 9.84 Å². The second-order valence-electron chi connectivity index (χ2n) is 7.60. The lowest BCUT2D eigenvalue weighted by Crippen LogP contribution is -1.99. The van der Waals surface area contributed by atoms with Gasteiger partial charge in [0.25, 0.3) is 0 Å². The second kappa shape index (κ2) is 8.76. The first-order valence-corrected chi connectivity index (χ1v) is 12.8. The van der Waals surface area contributed by atoms with E-state index < -0.39 is 9.84 Å². The zero-order chi connectivity index (χ0) is 23.9. The number of rotatable bonds is 5. The van der Waals surface area contributed by atoms with Gasteiger partial charge < -0.3 is 4.42 Å². The Labute approximate surface area is 206 Å². The van der Waals surface area contributed by atoms with Crippen LogP contribution in [0.25, 0.3) is 39.8 Å². The molecule has 34 heavy (non-hydrogen) atoms. The first-order chi connectivity index (χ1) is 16.3. The molecule has 0 bridgehead atoms. The summed E-state index contributed by atoms with van der Waals surface area (Å²) in [6.45, 7) is 0. The third-order valence-electron chi connectivity index (χ3n) is 5.27. The highest BCUT2D eigenvalue weighted by Crippen LogP contribution is 2.35. The molecule has 0 amide bonds. The van der Waals surface area contributed by atoms with Crippen molar-refractivity contribution in [1.29, 1.82) is 0 Å². The molecule has 0 aliphatic heterocycles. The highest BCUT2D eigenvalue weighted by molar-refractivity contribution is 7.90. The summed E-state index contributed by atoms with van der Waals surface area (Å²) in [6, 6.07) is 19.7. The van der Waals surface area contributed by atoms with Gasteiger partial charge in [-0.15, -0.1) is 0 Å². The van der Waals surface area contributed by atoms with Crippen molar-refractivity contribution >= 4 is 33.0 Å². The van der Waals surface area contributed by atoms with Crippen LogP contribution in [0.3, 0.4) is 0 Å². The van der Waals surface area contributed by atoms with Crippen LogP contribution < -0.4 is 0 Å². The van der Waals surface area contributed by atoms with Gasteiger partial charge >= 0.3 is 0 Å². The number of benzene rings is 3. The van der Waals surface area contributed by atoms with Gasteiger partial charge in [-0.2, -0.15) is 0 Å². The first-order valence-electron chi connectivity index (χ1n) is 10.2. The van der Waals surface area contributed by atoms with Crippen LogP contribution >= 0.6 is 23.2 Å². The van der Waals surface area contributed by atoms with E-state index in [2.05, 4.69) is 4.98 Å². The minimum Gasteiger partial charge on any atom is -0.443 e. The average Bonchev–Trinajstić information content (AvgIpc) is 3.49. The molecule has 0 aliphatic rings. The fourth-order valence-corrected chi connectivity index (χ4v) is 4.80. The third kappa shape index (κ3) is 4.25. The smallest absolute Gasteiger partial charge is 0.246 e. The lowest BCUT2D eigenvalue weighted by atomic mass is 10.1. The molecule has 0 unspecified atom stereocenters. The summed E-state index contributed by atoms with van der Waals surface area (Å²) >= 11 is 13.2. The molecule has 5 rings (SSSR count). The predicted octanol–water partition coefficient (Wildman–Crippen LogP) is 6.57. The zero-order valence-corrected chi connectivity index (χ0v) is 20.1. The zero-order valence-electron chi connectivity index (χ0n) is 17.8. The average molecular weight is 510 g/mol. The van der Waals surface area contributed by atoms with Crippen LogP contribution in [0.1, 0.15) is 0 Å². The quantitative estimate of drug-likeness (QED) is 0.267. The van der Waals surface area contributed by atoms with E-state index in [0.29, 0.717) is 33.1 Å². The van der Waals surface area contributed by atoms with E-state index in [1.807, 2.05) is 41.0 Å². The highest BCUT2D eigenvalue weighted by atomic mass is 35.5. The van der Waals surface area contributed by atoms with Crippen LogP contribution in [0, 0.1) is 0 Å². The summed E-state index contributed by atoms with van der Waals surface area (Å²) in [5, 5.41) is 0.991. The van der Waals surface area contributed by atoms with Gasteiger partial charge in [0.15, 0.2) is 9.84 Å². The van der Waals surface area contributed by atoms with Crippen molar-refractivity contribution in [3.63, 3.8) is 0 Å². The molecule has 0 saturated heterocycles. The topological polar surface area (TPSA) is 78.0 Å². The lowest BCUT2D eigenvalue weighted by Gasteiger charge is -2.12. The maximum atomic E-state index is 12.0. The van der Waals surface area contributed by atoms with E-state index in [9.17, 15) is 8.42 Å². The van der Waals surface area contributed by atoms with Crippen LogP contribution in [-0.4, -0.2) is 29.2 Å². The third-order valence-corrected chi connectivity index (χ3v) is 7.02. The van der Waals surface area contributed by atoms with Gasteiger partial charge in [0.05, 0.1) is 26.8 Å². The standard InChI is InChI=1S/C25H17Cl2N3O3S/c1-34(31,32)18-6-4-5-16(13-18)17-9-10-23(21(27)14-17)30-15-22(25-28-11-12-33-25)29-24(30)19-7-2-3-8-20(19)26/h2-15H,1H3. The number of oxazole rings is 1. The highest BCUT2D eigenvalue weighted by Gasteiger charge is 2.19. The van der Waals surface area contributed by atoms with Crippen molar-refractivity contribution in [3.05, 3.63) is 95.4 Å². The Morgan fingerprint density at radius 2 is 1.71 bits per heavy atom. The van der Waals surface area contributed by atoms with Crippen molar-refractivity contribution in [2.45, 2.75) is 4.90 Å². The lowest BCUT2D eigenvalue weighted by molar-refractivity contribution is 0.572. The summed E-state index contributed by atoms with van der Waals surface area (Å²) in [6.07, 6.45) is 6.00. The van der Waals surface area contributed by atoms with Crippen LogP contribution in [0.5, 0.6) is 0 Å². The van der Waals surface area contributed by atoms with E-state index in [-0.39, 0.29) is 4.90 Å². The number of hydrogen-bond donors (Lipinski definition) is 0. The van der Waals surface area contributed by atoms with Crippen LogP contribution in [0.4, 0.5) is 0 Å². The van der Waals surface area contributed by atoms with Crippen molar-refractivity contribution in [2.75, 3.05) is 6.26 Å². The molecule has 9 heteroatoms. The monoisotopic (exact) mass is 509 g/mol. The number of nitrogens with zero attached hydrogens (tertiary/aromatic N) is 3. The van der Waals surface area contributed by atoms with Crippen molar-refractivity contribution in [1.82, 2.24) is 14.5 Å². The molecule has 3 aromatic carbocycles. The van der Waals surface area contributed by atoms with Crippen molar-refractivity contribution in [3.8, 4) is 39.8 Å². The van der Waals surface area contributed by atoms with Gasteiger partial charge in [-0.1, -0.05) is 53.5 Å². The molecule has 0 spiro atoms. The molecule has 0 saturated carbocycles. The van der Waals surface area contributed by atoms with E-state index in [0.717, 1.165) is 16.7 Å². The van der Waals surface area contributed by atoms with Crippen LogP contribution in [0.2, 0.25) is 10.0 Å². The van der Waals surface area contributed by atoms with Gasteiger partial charge in [-0.3, -0.25) is 4.57 Å². The molecule has 0 fully saturated rings. The Bertz CT molecular complexity index is 1610. The summed E-state index contributed by atoms with van der Waals surface area (Å²) in [4.78, 5) is 9.16. The van der Waals surface area contributed by atoms with Crippen LogP contribution in [0.15, 0.2) is 94.7 Å². The van der Waals surface area contributed by atoms with Gasteiger partial charge in [-0.05, 0) is 47.5 Å². The van der Waals surface area contributed by atoms with E-state index in [1.54, 1.807) is 42.7 Å². The summed E-state index contributed by atoms with van der Waals surface area (Å²) < 4.78 is 31.2.